The molecular weight excluding hydrogens is 462 g/mol. The Labute approximate surface area is 189 Å². The summed E-state index contributed by atoms with van der Waals surface area (Å²) in [5.74, 6) is -0.0146. The number of fused-ring (bicyclic) bond motifs is 1. The van der Waals surface area contributed by atoms with Crippen molar-refractivity contribution in [2.75, 3.05) is 44.3 Å². The summed E-state index contributed by atoms with van der Waals surface area (Å²) in [6, 6.07) is 14.0. The number of amides is 1. The van der Waals surface area contributed by atoms with Gasteiger partial charge in [0.25, 0.3) is 5.91 Å². The van der Waals surface area contributed by atoms with Gasteiger partial charge in [0.05, 0.1) is 29.0 Å². The van der Waals surface area contributed by atoms with Crippen molar-refractivity contribution in [3.05, 3.63) is 58.1 Å². The number of rotatable bonds is 7. The number of carbonyl (C=O) groups is 1. The van der Waals surface area contributed by atoms with Crippen LogP contribution in [0, 0.1) is 0 Å². The van der Waals surface area contributed by atoms with Crippen LogP contribution in [0.5, 0.6) is 0 Å². The van der Waals surface area contributed by atoms with E-state index in [-0.39, 0.29) is 5.91 Å². The summed E-state index contributed by atoms with van der Waals surface area (Å²) in [7, 11) is 0. The molecule has 0 bridgehead atoms. The molecule has 2 aromatic carbocycles. The van der Waals surface area contributed by atoms with E-state index < -0.39 is 0 Å². The molecule has 0 N–H and O–H groups in total. The molecule has 0 unspecified atom stereocenters. The number of ether oxygens (including phenoxy) is 1. The molecule has 0 spiro atoms. The number of thiazole rings is 1. The van der Waals surface area contributed by atoms with E-state index in [1.807, 2.05) is 29.2 Å². The molecule has 1 aliphatic rings. The lowest BCUT2D eigenvalue weighted by Gasteiger charge is -2.27. The Kier molecular flexibility index (Phi) is 7.15. The zero-order valence-electron chi connectivity index (χ0n) is 17.1. The predicted molar refractivity (Wildman–Crippen MR) is 127 cm³/mol. The molecule has 0 saturated carbocycles. The lowest BCUT2D eigenvalue weighted by molar-refractivity contribution is 0.0376. The minimum absolute atomic E-state index is 0.0146. The van der Waals surface area contributed by atoms with E-state index in [1.54, 1.807) is 11.3 Å². The fourth-order valence-corrected chi connectivity index (χ4v) is 5.14. The number of aryl methyl sites for hydroxylation is 1. The van der Waals surface area contributed by atoms with Crippen LogP contribution in [0.25, 0.3) is 10.2 Å². The monoisotopic (exact) mass is 487 g/mol. The van der Waals surface area contributed by atoms with Crippen LogP contribution in [-0.4, -0.2) is 55.2 Å². The maximum absolute atomic E-state index is 13.5. The summed E-state index contributed by atoms with van der Waals surface area (Å²) in [4.78, 5) is 22.5. The van der Waals surface area contributed by atoms with E-state index in [2.05, 4.69) is 46.0 Å². The number of hydrogen-bond acceptors (Lipinski definition) is 5. The fraction of sp³-hybridized carbons (Fsp3) is 0.391. The lowest BCUT2D eigenvalue weighted by atomic mass is 10.2. The van der Waals surface area contributed by atoms with Crippen molar-refractivity contribution in [1.82, 2.24) is 9.88 Å². The maximum Gasteiger partial charge on any atom is 0.261 e. The highest BCUT2D eigenvalue weighted by Crippen LogP contribution is 2.31. The summed E-state index contributed by atoms with van der Waals surface area (Å²) >= 11 is 5.13. The van der Waals surface area contributed by atoms with Crippen LogP contribution in [0.3, 0.4) is 0 Å². The first-order valence-corrected chi connectivity index (χ1v) is 12.0. The molecule has 7 heteroatoms. The predicted octanol–water partition coefficient (Wildman–Crippen LogP) is 4.99. The summed E-state index contributed by atoms with van der Waals surface area (Å²) in [6.45, 7) is 7.23. The van der Waals surface area contributed by atoms with Crippen LogP contribution < -0.4 is 4.90 Å². The summed E-state index contributed by atoms with van der Waals surface area (Å²) in [6.07, 6.45) is 1.88. The highest BCUT2D eigenvalue weighted by atomic mass is 79.9. The van der Waals surface area contributed by atoms with Crippen molar-refractivity contribution in [1.29, 1.82) is 0 Å². The van der Waals surface area contributed by atoms with Gasteiger partial charge in [0.15, 0.2) is 5.13 Å². The standard InChI is InChI=1S/C23H26BrN3O2S/c1-2-17-8-9-20-21(16-17)30-23(25-20)27(11-5-10-26-12-14-29-15-13-26)22(28)18-6-3-4-7-19(18)24/h3-4,6-9,16H,2,5,10-15H2,1H3. The average Bonchev–Trinajstić information content (AvgIpc) is 3.20. The van der Waals surface area contributed by atoms with E-state index in [4.69, 9.17) is 9.72 Å². The van der Waals surface area contributed by atoms with Gasteiger partial charge in [-0.25, -0.2) is 4.98 Å². The topological polar surface area (TPSA) is 45.7 Å². The van der Waals surface area contributed by atoms with E-state index in [1.165, 1.54) is 5.56 Å². The third-order valence-corrected chi connectivity index (χ3v) is 7.12. The van der Waals surface area contributed by atoms with Gasteiger partial charge in [0.1, 0.15) is 0 Å². The van der Waals surface area contributed by atoms with Gasteiger partial charge in [0, 0.05) is 30.7 Å². The molecule has 4 rings (SSSR count). The van der Waals surface area contributed by atoms with Crippen molar-refractivity contribution >= 4 is 48.5 Å². The Morgan fingerprint density at radius 2 is 2.03 bits per heavy atom. The van der Waals surface area contributed by atoms with Crippen molar-refractivity contribution < 1.29 is 9.53 Å². The third-order valence-electron chi connectivity index (χ3n) is 5.39. The second-order valence-corrected chi connectivity index (χ2v) is 9.26. The molecule has 0 radical (unpaired) electrons. The smallest absolute Gasteiger partial charge is 0.261 e. The Hall–Kier alpha value is -1.80. The summed E-state index contributed by atoms with van der Waals surface area (Å²) < 4.78 is 7.37. The van der Waals surface area contributed by atoms with Gasteiger partial charge >= 0.3 is 0 Å². The van der Waals surface area contributed by atoms with E-state index >= 15 is 0 Å². The van der Waals surface area contributed by atoms with Crippen LogP contribution in [0.15, 0.2) is 46.9 Å². The molecule has 0 aliphatic carbocycles. The molecule has 0 atom stereocenters. The highest BCUT2D eigenvalue weighted by Gasteiger charge is 2.23. The minimum Gasteiger partial charge on any atom is -0.379 e. The number of aromatic nitrogens is 1. The highest BCUT2D eigenvalue weighted by molar-refractivity contribution is 9.10. The second kappa shape index (κ2) is 10.0. The molecule has 3 aromatic rings. The van der Waals surface area contributed by atoms with Crippen LogP contribution >= 0.6 is 27.3 Å². The molecule has 30 heavy (non-hydrogen) atoms. The van der Waals surface area contributed by atoms with E-state index in [0.717, 1.165) is 65.5 Å². The lowest BCUT2D eigenvalue weighted by Crippen LogP contribution is -2.39. The average molecular weight is 488 g/mol. The second-order valence-electron chi connectivity index (χ2n) is 7.40. The molecular formula is C23H26BrN3O2S. The fourth-order valence-electron chi connectivity index (χ4n) is 3.63. The molecule has 158 valence electrons. The molecule has 1 amide bonds. The van der Waals surface area contributed by atoms with E-state index in [0.29, 0.717) is 12.1 Å². The van der Waals surface area contributed by atoms with Gasteiger partial charge < -0.3 is 4.74 Å². The number of benzene rings is 2. The first kappa shape index (κ1) is 21.4. The number of hydrogen-bond donors (Lipinski definition) is 0. The van der Waals surface area contributed by atoms with E-state index in [9.17, 15) is 4.79 Å². The normalized spacial score (nSPS) is 14.9. The zero-order chi connectivity index (χ0) is 20.9. The maximum atomic E-state index is 13.5. The van der Waals surface area contributed by atoms with Crippen LogP contribution in [-0.2, 0) is 11.2 Å². The van der Waals surface area contributed by atoms with Gasteiger partial charge in [-0.3, -0.25) is 14.6 Å². The first-order chi connectivity index (χ1) is 14.7. The minimum atomic E-state index is -0.0146. The molecule has 1 fully saturated rings. The first-order valence-electron chi connectivity index (χ1n) is 10.4. The van der Waals surface area contributed by atoms with Gasteiger partial charge in [-0.15, -0.1) is 0 Å². The Balaban J connectivity index is 1.59. The van der Waals surface area contributed by atoms with Gasteiger partial charge in [-0.2, -0.15) is 0 Å². The Morgan fingerprint density at radius 3 is 2.80 bits per heavy atom. The number of anilines is 1. The number of morpholine rings is 1. The molecule has 1 saturated heterocycles. The molecule has 1 aromatic heterocycles. The van der Waals surface area contributed by atoms with Crippen molar-refractivity contribution in [3.63, 3.8) is 0 Å². The van der Waals surface area contributed by atoms with Crippen LogP contribution in [0.4, 0.5) is 5.13 Å². The largest absolute Gasteiger partial charge is 0.379 e. The molecule has 2 heterocycles. The van der Waals surface area contributed by atoms with Crippen LogP contribution in [0.1, 0.15) is 29.3 Å². The zero-order valence-corrected chi connectivity index (χ0v) is 19.5. The molecule has 1 aliphatic heterocycles. The van der Waals surface area contributed by atoms with Crippen molar-refractivity contribution in [3.8, 4) is 0 Å². The number of halogens is 1. The Bertz CT molecular complexity index is 1020. The quantitative estimate of drug-likeness (QED) is 0.470. The summed E-state index contributed by atoms with van der Waals surface area (Å²) in [5, 5.41) is 0.765. The third kappa shape index (κ3) is 4.91. The van der Waals surface area contributed by atoms with Crippen molar-refractivity contribution in [2.45, 2.75) is 19.8 Å². The molecule has 5 nitrogen and oxygen atoms in total. The van der Waals surface area contributed by atoms with Gasteiger partial charge in [-0.05, 0) is 58.6 Å². The van der Waals surface area contributed by atoms with Gasteiger partial charge in [0.2, 0.25) is 0 Å². The Morgan fingerprint density at radius 1 is 1.23 bits per heavy atom. The summed E-state index contributed by atoms with van der Waals surface area (Å²) in [5.41, 5.74) is 2.90. The number of nitrogens with zero attached hydrogens (tertiary/aromatic N) is 3. The van der Waals surface area contributed by atoms with Gasteiger partial charge in [-0.1, -0.05) is 36.5 Å². The SMILES string of the molecule is CCc1ccc2nc(N(CCCN3CCOCC3)C(=O)c3ccccc3Br)sc2c1. The van der Waals surface area contributed by atoms with Crippen molar-refractivity contribution in [2.24, 2.45) is 0 Å². The van der Waals surface area contributed by atoms with Crippen LogP contribution in [0.2, 0.25) is 0 Å². The number of carbonyl (C=O) groups excluding carboxylic acids is 1.